The monoisotopic (exact) mass is 507 g/mol. The van der Waals surface area contributed by atoms with E-state index in [4.69, 9.17) is 31.2 Å². The highest BCUT2D eigenvalue weighted by Crippen LogP contribution is 2.32. The fourth-order valence-electron chi connectivity index (χ4n) is 4.02. The quantitative estimate of drug-likeness (QED) is 0.269. The van der Waals surface area contributed by atoms with Crippen molar-refractivity contribution in [3.8, 4) is 5.75 Å². The van der Waals surface area contributed by atoms with Gasteiger partial charge in [-0.3, -0.25) is 10.2 Å². The molecule has 36 heavy (non-hydrogen) atoms. The molecule has 1 heterocycles. The number of carbonyl (C=O) groups is 1. The number of carbonyl (C=O) groups excluding carboxylic acids is 1. The van der Waals surface area contributed by atoms with Crippen LogP contribution in [0.3, 0.4) is 0 Å². The van der Waals surface area contributed by atoms with Gasteiger partial charge >= 0.3 is 0 Å². The molecule has 3 aromatic rings. The van der Waals surface area contributed by atoms with Crippen molar-refractivity contribution in [1.29, 1.82) is 0 Å². The summed E-state index contributed by atoms with van der Waals surface area (Å²) >= 11 is 6.24. The number of halogens is 1. The van der Waals surface area contributed by atoms with Crippen LogP contribution < -0.4 is 15.6 Å². The Morgan fingerprint density at radius 3 is 2.53 bits per heavy atom. The Labute approximate surface area is 216 Å². The number of amides is 1. The Bertz CT molecular complexity index is 1190. The standard InChI is InChI=1S/C28H30ClN3O4/c1-20-28(18-21-8-3-2-4-9-21,27(34)32-30-19-23-10-5-6-11-25(23)29)31-26(36-20)22-12-14-24(15-13-22)35-17-7-16-33/h2-6,8-15,20,30,33H,7,16-19H2,1H3,(H,32,34)/t20-,28-/m0/s1. The summed E-state index contributed by atoms with van der Waals surface area (Å²) < 4.78 is 11.8. The molecule has 0 unspecified atom stereocenters. The summed E-state index contributed by atoms with van der Waals surface area (Å²) in [4.78, 5) is 18.5. The first-order valence-electron chi connectivity index (χ1n) is 11.9. The number of hydrogen-bond donors (Lipinski definition) is 3. The van der Waals surface area contributed by atoms with E-state index in [0.717, 1.165) is 16.7 Å². The van der Waals surface area contributed by atoms with E-state index < -0.39 is 11.6 Å². The van der Waals surface area contributed by atoms with Crippen molar-refractivity contribution in [2.75, 3.05) is 13.2 Å². The Morgan fingerprint density at radius 2 is 1.81 bits per heavy atom. The van der Waals surface area contributed by atoms with Gasteiger partial charge in [0, 0.05) is 36.6 Å². The smallest absolute Gasteiger partial charge is 0.266 e. The predicted octanol–water partition coefficient (Wildman–Crippen LogP) is 4.07. The Hall–Kier alpha value is -3.39. The summed E-state index contributed by atoms with van der Waals surface area (Å²) in [5, 5.41) is 9.55. The summed E-state index contributed by atoms with van der Waals surface area (Å²) in [5.74, 6) is 0.808. The lowest BCUT2D eigenvalue weighted by Crippen LogP contribution is -2.55. The van der Waals surface area contributed by atoms with Crippen LogP contribution in [0.4, 0.5) is 0 Å². The molecule has 2 atom stereocenters. The first-order valence-corrected chi connectivity index (χ1v) is 12.3. The molecule has 7 nitrogen and oxygen atoms in total. The van der Waals surface area contributed by atoms with E-state index in [9.17, 15) is 4.79 Å². The van der Waals surface area contributed by atoms with Crippen molar-refractivity contribution in [3.05, 3.63) is 101 Å². The van der Waals surface area contributed by atoms with Crippen molar-refractivity contribution >= 4 is 23.4 Å². The number of rotatable bonds is 11. The van der Waals surface area contributed by atoms with Crippen molar-refractivity contribution in [3.63, 3.8) is 0 Å². The van der Waals surface area contributed by atoms with E-state index in [1.165, 1.54) is 0 Å². The van der Waals surface area contributed by atoms with E-state index in [0.29, 0.717) is 42.7 Å². The summed E-state index contributed by atoms with van der Waals surface area (Å²) in [7, 11) is 0. The zero-order valence-corrected chi connectivity index (χ0v) is 20.9. The molecule has 3 N–H and O–H groups in total. The third-order valence-corrected chi connectivity index (χ3v) is 6.45. The summed E-state index contributed by atoms with van der Waals surface area (Å²) in [6.45, 7) is 2.75. The van der Waals surface area contributed by atoms with Gasteiger partial charge < -0.3 is 14.6 Å². The number of ether oxygens (including phenoxy) is 2. The van der Waals surface area contributed by atoms with Crippen molar-refractivity contribution in [1.82, 2.24) is 10.9 Å². The van der Waals surface area contributed by atoms with Gasteiger partial charge in [-0.2, -0.15) is 0 Å². The second-order valence-electron chi connectivity index (χ2n) is 8.61. The minimum atomic E-state index is -1.17. The van der Waals surface area contributed by atoms with E-state index in [1.54, 1.807) is 0 Å². The van der Waals surface area contributed by atoms with E-state index in [1.807, 2.05) is 85.8 Å². The van der Waals surface area contributed by atoms with Crippen LogP contribution in [0.2, 0.25) is 5.02 Å². The third kappa shape index (κ3) is 6.05. The average Bonchev–Trinajstić information content (AvgIpc) is 3.23. The van der Waals surface area contributed by atoms with Crippen LogP contribution >= 0.6 is 11.6 Å². The maximum atomic E-state index is 13.6. The highest BCUT2D eigenvalue weighted by Gasteiger charge is 2.50. The normalized spacial score (nSPS) is 18.9. The maximum absolute atomic E-state index is 13.6. The van der Waals surface area contributed by atoms with Gasteiger partial charge in [-0.25, -0.2) is 10.4 Å². The van der Waals surface area contributed by atoms with Crippen LogP contribution in [-0.4, -0.2) is 41.8 Å². The molecular formula is C28H30ClN3O4. The molecule has 0 radical (unpaired) electrons. The van der Waals surface area contributed by atoms with Crippen LogP contribution in [0.15, 0.2) is 83.9 Å². The number of aliphatic hydroxyl groups is 1. The van der Waals surface area contributed by atoms with E-state index >= 15 is 0 Å². The molecule has 0 saturated carbocycles. The number of hydrazine groups is 1. The van der Waals surface area contributed by atoms with Gasteiger partial charge in [0.15, 0.2) is 5.54 Å². The molecule has 0 aliphatic carbocycles. The molecule has 0 saturated heterocycles. The first-order chi connectivity index (χ1) is 17.5. The molecule has 3 aromatic carbocycles. The Balaban J connectivity index is 1.55. The van der Waals surface area contributed by atoms with Gasteiger partial charge in [-0.1, -0.05) is 60.1 Å². The number of nitrogens with zero attached hydrogens (tertiary/aromatic N) is 1. The highest BCUT2D eigenvalue weighted by atomic mass is 35.5. The highest BCUT2D eigenvalue weighted by molar-refractivity contribution is 6.31. The molecule has 0 fully saturated rings. The minimum Gasteiger partial charge on any atom is -0.494 e. The molecule has 0 spiro atoms. The van der Waals surface area contributed by atoms with Crippen LogP contribution in [-0.2, 0) is 22.5 Å². The minimum absolute atomic E-state index is 0.0828. The number of aliphatic hydroxyl groups excluding tert-OH is 1. The van der Waals surface area contributed by atoms with Gasteiger partial charge in [-0.15, -0.1) is 0 Å². The maximum Gasteiger partial charge on any atom is 0.266 e. The zero-order chi connectivity index (χ0) is 25.4. The van der Waals surface area contributed by atoms with E-state index in [-0.39, 0.29) is 12.5 Å². The molecule has 0 bridgehead atoms. The number of hydrogen-bond acceptors (Lipinski definition) is 6. The summed E-state index contributed by atoms with van der Waals surface area (Å²) in [6, 6.07) is 24.6. The molecule has 0 aromatic heterocycles. The first kappa shape index (κ1) is 25.7. The molecule has 8 heteroatoms. The Kier molecular flexibility index (Phi) is 8.59. The SMILES string of the molecule is C[C@@H]1OC(c2ccc(OCCCO)cc2)=N[C@]1(Cc1ccccc1)C(=O)NNCc1ccccc1Cl. The number of benzene rings is 3. The second-order valence-corrected chi connectivity index (χ2v) is 9.02. The number of nitrogens with one attached hydrogen (secondary N) is 2. The van der Waals surface area contributed by atoms with Crippen LogP contribution in [0.1, 0.15) is 30.0 Å². The predicted molar refractivity (Wildman–Crippen MR) is 140 cm³/mol. The van der Waals surface area contributed by atoms with Crippen molar-refractivity contribution in [2.45, 2.75) is 38.0 Å². The summed E-state index contributed by atoms with van der Waals surface area (Å²) in [6.07, 6.45) is 0.437. The molecule has 1 aliphatic rings. The lowest BCUT2D eigenvalue weighted by atomic mass is 9.86. The van der Waals surface area contributed by atoms with Gasteiger partial charge in [-0.05, 0) is 48.4 Å². The fraction of sp³-hybridized carbons (Fsp3) is 0.286. The molecular weight excluding hydrogens is 478 g/mol. The van der Waals surface area contributed by atoms with Crippen LogP contribution in [0.5, 0.6) is 5.75 Å². The molecule has 188 valence electrons. The molecule has 4 rings (SSSR count). The third-order valence-electron chi connectivity index (χ3n) is 6.08. The van der Waals surface area contributed by atoms with Gasteiger partial charge in [0.25, 0.3) is 5.91 Å². The van der Waals surface area contributed by atoms with Crippen LogP contribution in [0, 0.1) is 0 Å². The lowest BCUT2D eigenvalue weighted by molar-refractivity contribution is -0.129. The average molecular weight is 508 g/mol. The largest absolute Gasteiger partial charge is 0.494 e. The molecule has 1 aliphatic heterocycles. The van der Waals surface area contributed by atoms with Gasteiger partial charge in [0.05, 0.1) is 6.61 Å². The molecule has 1 amide bonds. The Morgan fingerprint density at radius 1 is 1.08 bits per heavy atom. The second kappa shape index (κ2) is 12.0. The zero-order valence-electron chi connectivity index (χ0n) is 20.1. The fourth-order valence-corrected chi connectivity index (χ4v) is 4.22. The summed E-state index contributed by atoms with van der Waals surface area (Å²) in [5.41, 5.74) is 7.26. The van der Waals surface area contributed by atoms with Crippen LogP contribution in [0.25, 0.3) is 0 Å². The number of aliphatic imine (C=N–C) groups is 1. The van der Waals surface area contributed by atoms with Crippen molar-refractivity contribution in [2.24, 2.45) is 4.99 Å². The van der Waals surface area contributed by atoms with Gasteiger partial charge in [0.1, 0.15) is 11.9 Å². The van der Waals surface area contributed by atoms with E-state index in [2.05, 4.69) is 10.9 Å². The van der Waals surface area contributed by atoms with Gasteiger partial charge in [0.2, 0.25) is 5.90 Å². The van der Waals surface area contributed by atoms with Crippen molar-refractivity contribution < 1.29 is 19.4 Å². The topological polar surface area (TPSA) is 92.2 Å². The lowest BCUT2D eigenvalue weighted by Gasteiger charge is -2.28.